The molecule has 0 fully saturated rings. The molecule has 0 amide bonds. The molecule has 0 aliphatic rings. The van der Waals surface area contributed by atoms with Gasteiger partial charge in [-0.25, -0.2) is 9.67 Å². The molecule has 0 N–H and O–H groups in total. The lowest BCUT2D eigenvalue weighted by molar-refractivity contribution is 0.0252. The maximum Gasteiger partial charge on any atom is 0.149 e. The number of rotatable bonds is 13. The number of hydrogen-bond donors (Lipinski definition) is 0. The largest absolute Gasteiger partial charge is 0.497 e. The summed E-state index contributed by atoms with van der Waals surface area (Å²) in [6, 6.07) is 11.9. The molecule has 2 aromatic carbocycles. The van der Waals surface area contributed by atoms with Gasteiger partial charge in [0.05, 0.1) is 43.3 Å². The van der Waals surface area contributed by atoms with Crippen LogP contribution in [0.2, 0.25) is 0 Å². The van der Waals surface area contributed by atoms with E-state index in [0.29, 0.717) is 5.88 Å². The second-order valence-electron chi connectivity index (χ2n) is 8.73. The molecule has 2 aromatic heterocycles. The van der Waals surface area contributed by atoms with Crippen LogP contribution in [0.5, 0.6) is 11.5 Å². The highest BCUT2D eigenvalue weighted by Gasteiger charge is 2.16. The molecule has 0 radical (unpaired) electrons. The normalized spacial score (nSPS) is 12.0. The van der Waals surface area contributed by atoms with Crippen LogP contribution in [0.15, 0.2) is 55.0 Å². The summed E-state index contributed by atoms with van der Waals surface area (Å²) >= 11 is 6.07. The monoisotopic (exact) mass is 523 g/mol. The lowest BCUT2D eigenvalue weighted by Gasteiger charge is -2.26. The summed E-state index contributed by atoms with van der Waals surface area (Å²) in [6.07, 6.45) is 9.38. The minimum Gasteiger partial charge on any atom is -0.497 e. The Morgan fingerprint density at radius 2 is 1.73 bits per heavy atom. The molecule has 0 saturated heterocycles. The van der Waals surface area contributed by atoms with E-state index in [9.17, 15) is 0 Å². The number of hydrogen-bond acceptors (Lipinski definition) is 7. The van der Waals surface area contributed by atoms with Crippen molar-refractivity contribution < 1.29 is 14.2 Å². The number of unbranched alkanes of at least 4 members (excludes halogenated alkanes) is 1. The number of halogens is 1. The van der Waals surface area contributed by atoms with Crippen LogP contribution in [-0.4, -0.2) is 53.5 Å². The molecular weight excluding hydrogens is 490 g/mol. The standard InChI is InChI=1S/C28H34ClN5O3/c1-5-6-8-28(37-4)34-19-20(17-31-34)27-18-30-25-10-9-21(15-26(25)32-27)33(12-7-11-29)22-13-23(35-2)16-24(14-22)36-3/h9-10,13-19,28H,5-8,11-12H2,1-4H3. The molecule has 0 bridgehead atoms. The fourth-order valence-corrected chi connectivity index (χ4v) is 4.36. The Morgan fingerprint density at radius 3 is 2.41 bits per heavy atom. The summed E-state index contributed by atoms with van der Waals surface area (Å²) in [7, 11) is 5.01. The molecular formula is C28H34ClN5O3. The summed E-state index contributed by atoms with van der Waals surface area (Å²) in [4.78, 5) is 11.8. The van der Waals surface area contributed by atoms with Crippen molar-refractivity contribution in [2.75, 3.05) is 38.7 Å². The van der Waals surface area contributed by atoms with Gasteiger partial charge in [0.1, 0.15) is 17.7 Å². The van der Waals surface area contributed by atoms with Gasteiger partial charge < -0.3 is 19.1 Å². The van der Waals surface area contributed by atoms with Gasteiger partial charge in [0.15, 0.2) is 0 Å². The van der Waals surface area contributed by atoms with Gasteiger partial charge in [-0.05, 0) is 37.5 Å². The first-order valence-electron chi connectivity index (χ1n) is 12.5. The zero-order valence-corrected chi connectivity index (χ0v) is 22.6. The van der Waals surface area contributed by atoms with Crippen molar-refractivity contribution in [2.24, 2.45) is 0 Å². The smallest absolute Gasteiger partial charge is 0.149 e. The molecule has 1 unspecified atom stereocenters. The summed E-state index contributed by atoms with van der Waals surface area (Å²) in [5.74, 6) is 2.00. The molecule has 8 nitrogen and oxygen atoms in total. The Morgan fingerprint density at radius 1 is 0.946 bits per heavy atom. The van der Waals surface area contributed by atoms with E-state index in [-0.39, 0.29) is 6.23 Å². The van der Waals surface area contributed by atoms with E-state index >= 15 is 0 Å². The highest BCUT2D eigenvalue weighted by atomic mass is 35.5. The van der Waals surface area contributed by atoms with Gasteiger partial charge in [0.25, 0.3) is 0 Å². The van der Waals surface area contributed by atoms with Gasteiger partial charge in [0.2, 0.25) is 0 Å². The first kappa shape index (κ1) is 26.7. The molecule has 0 saturated carbocycles. The molecule has 4 aromatic rings. The van der Waals surface area contributed by atoms with Crippen LogP contribution in [0.4, 0.5) is 11.4 Å². The highest BCUT2D eigenvalue weighted by Crippen LogP contribution is 2.34. The molecule has 2 heterocycles. The molecule has 0 spiro atoms. The number of alkyl halides is 1. The Bertz CT molecular complexity index is 1290. The Balaban J connectivity index is 1.69. The molecule has 0 aliphatic carbocycles. The van der Waals surface area contributed by atoms with Gasteiger partial charge in [-0.15, -0.1) is 11.6 Å². The number of anilines is 2. The van der Waals surface area contributed by atoms with E-state index in [1.807, 2.05) is 47.4 Å². The number of benzene rings is 2. The first-order valence-corrected chi connectivity index (χ1v) is 13.0. The van der Waals surface area contributed by atoms with Crippen LogP contribution in [0.1, 0.15) is 38.8 Å². The number of ether oxygens (including phenoxy) is 3. The van der Waals surface area contributed by atoms with Crippen LogP contribution in [0, 0.1) is 0 Å². The van der Waals surface area contributed by atoms with Crippen molar-refractivity contribution in [3.63, 3.8) is 0 Å². The first-order chi connectivity index (χ1) is 18.1. The molecule has 4 rings (SSSR count). The van der Waals surface area contributed by atoms with Gasteiger partial charge in [-0.2, -0.15) is 5.10 Å². The minimum atomic E-state index is -0.0935. The fourth-order valence-electron chi connectivity index (χ4n) is 4.24. The van der Waals surface area contributed by atoms with Crippen molar-refractivity contribution >= 4 is 34.0 Å². The lowest BCUT2D eigenvalue weighted by Crippen LogP contribution is -2.19. The van der Waals surface area contributed by atoms with E-state index in [2.05, 4.69) is 28.0 Å². The van der Waals surface area contributed by atoms with Crippen LogP contribution < -0.4 is 14.4 Å². The second-order valence-corrected chi connectivity index (χ2v) is 9.11. The number of methoxy groups -OCH3 is 3. The molecule has 37 heavy (non-hydrogen) atoms. The average Bonchev–Trinajstić information content (AvgIpc) is 3.43. The molecule has 9 heteroatoms. The quantitative estimate of drug-likeness (QED) is 0.182. The fraction of sp³-hybridized carbons (Fsp3) is 0.393. The predicted molar refractivity (Wildman–Crippen MR) is 148 cm³/mol. The second kappa shape index (κ2) is 12.7. The molecule has 0 aliphatic heterocycles. The van der Waals surface area contributed by atoms with Crippen LogP contribution in [-0.2, 0) is 4.74 Å². The van der Waals surface area contributed by atoms with Crippen LogP contribution in [0.25, 0.3) is 22.3 Å². The topological polar surface area (TPSA) is 74.5 Å². The van der Waals surface area contributed by atoms with Gasteiger partial charge in [-0.1, -0.05) is 13.3 Å². The van der Waals surface area contributed by atoms with E-state index < -0.39 is 0 Å². The summed E-state index contributed by atoms with van der Waals surface area (Å²) in [5, 5.41) is 4.53. The number of aromatic nitrogens is 4. The van der Waals surface area contributed by atoms with Crippen LogP contribution >= 0.6 is 11.6 Å². The Hall–Kier alpha value is -3.36. The third-order valence-electron chi connectivity index (χ3n) is 6.27. The van der Waals surface area contributed by atoms with E-state index in [1.54, 1.807) is 27.5 Å². The van der Waals surface area contributed by atoms with Crippen molar-refractivity contribution in [3.05, 3.63) is 55.0 Å². The van der Waals surface area contributed by atoms with Crippen molar-refractivity contribution in [1.82, 2.24) is 19.7 Å². The van der Waals surface area contributed by atoms with E-state index in [4.69, 9.17) is 30.8 Å². The predicted octanol–water partition coefficient (Wildman–Crippen LogP) is 6.61. The third-order valence-corrected chi connectivity index (χ3v) is 6.54. The lowest BCUT2D eigenvalue weighted by atomic mass is 10.2. The zero-order chi connectivity index (χ0) is 26.2. The van der Waals surface area contributed by atoms with Crippen molar-refractivity contribution in [2.45, 2.75) is 38.8 Å². The number of fused-ring (bicyclic) bond motifs is 1. The average molecular weight is 524 g/mol. The van der Waals surface area contributed by atoms with Crippen molar-refractivity contribution in [1.29, 1.82) is 0 Å². The summed E-state index contributed by atoms with van der Waals surface area (Å²) < 4.78 is 18.5. The Labute approximate surface area is 223 Å². The van der Waals surface area contributed by atoms with E-state index in [1.165, 1.54) is 0 Å². The Kier molecular flexibility index (Phi) is 9.19. The number of nitrogens with zero attached hydrogens (tertiary/aromatic N) is 5. The van der Waals surface area contributed by atoms with Gasteiger partial charge in [-0.3, -0.25) is 4.98 Å². The summed E-state index contributed by atoms with van der Waals surface area (Å²) in [5.41, 5.74) is 5.20. The van der Waals surface area contributed by atoms with Gasteiger partial charge >= 0.3 is 0 Å². The maximum absolute atomic E-state index is 6.07. The maximum atomic E-state index is 6.07. The van der Waals surface area contributed by atoms with E-state index in [0.717, 1.165) is 77.4 Å². The zero-order valence-electron chi connectivity index (χ0n) is 21.9. The SMILES string of the molecule is CCCCC(OC)n1cc(-c2cnc3ccc(N(CCCCl)c4cc(OC)cc(OC)c4)cc3n2)cn1. The summed E-state index contributed by atoms with van der Waals surface area (Å²) in [6.45, 7) is 2.89. The molecule has 196 valence electrons. The minimum absolute atomic E-state index is 0.0935. The molecule has 1 atom stereocenters. The van der Waals surface area contributed by atoms with Gasteiger partial charge in [0, 0.05) is 60.9 Å². The highest BCUT2D eigenvalue weighted by molar-refractivity contribution is 6.17. The van der Waals surface area contributed by atoms with Crippen molar-refractivity contribution in [3.8, 4) is 22.8 Å². The van der Waals surface area contributed by atoms with Crippen LogP contribution in [0.3, 0.4) is 0 Å². The third kappa shape index (κ3) is 6.32.